The van der Waals surface area contributed by atoms with E-state index in [0.29, 0.717) is 11.4 Å². The van der Waals surface area contributed by atoms with Crippen LogP contribution >= 0.6 is 7.60 Å². The third kappa shape index (κ3) is 3.24. The molecule has 20 heavy (non-hydrogen) atoms. The molecule has 0 bridgehead atoms. The summed E-state index contributed by atoms with van der Waals surface area (Å²) in [6.45, 7) is 0. The van der Waals surface area contributed by atoms with Crippen LogP contribution in [0.1, 0.15) is 10.4 Å². The average molecular weight is 293 g/mol. The predicted molar refractivity (Wildman–Crippen MR) is 74.8 cm³/mol. The van der Waals surface area contributed by atoms with Gasteiger partial charge in [0.1, 0.15) is 0 Å². The number of hydrogen-bond acceptors (Lipinski definition) is 3. The summed E-state index contributed by atoms with van der Waals surface area (Å²) < 4.78 is 11.0. The van der Waals surface area contributed by atoms with E-state index in [9.17, 15) is 9.36 Å². The van der Waals surface area contributed by atoms with Gasteiger partial charge in [-0.2, -0.15) is 0 Å². The number of carbonyl (C=O) groups is 1. The Bertz CT molecular complexity index is 677. The second-order valence-electron chi connectivity index (χ2n) is 4.07. The van der Waals surface area contributed by atoms with Crippen molar-refractivity contribution in [1.82, 2.24) is 0 Å². The van der Waals surface area contributed by atoms with E-state index in [0.717, 1.165) is 0 Å². The van der Waals surface area contributed by atoms with E-state index in [-0.39, 0.29) is 10.9 Å². The van der Waals surface area contributed by atoms with Gasteiger partial charge in [0.25, 0.3) is 0 Å². The number of aromatic carboxylic acids is 1. The van der Waals surface area contributed by atoms with Crippen LogP contribution in [0, 0.1) is 0 Å². The molecule has 0 saturated heterocycles. The third-order valence-corrected chi connectivity index (χ3v) is 3.61. The van der Waals surface area contributed by atoms with Crippen LogP contribution in [0.5, 0.6) is 0 Å². The predicted octanol–water partition coefficient (Wildman–Crippen LogP) is 1.93. The highest BCUT2D eigenvalue weighted by Gasteiger charge is 2.16. The summed E-state index contributed by atoms with van der Waals surface area (Å²) >= 11 is 0. The van der Waals surface area contributed by atoms with Gasteiger partial charge in [-0.1, -0.05) is 12.1 Å². The highest BCUT2D eigenvalue weighted by molar-refractivity contribution is 7.60. The molecule has 0 aliphatic heterocycles. The van der Waals surface area contributed by atoms with Crippen molar-refractivity contribution in [3.8, 4) is 0 Å². The van der Waals surface area contributed by atoms with Gasteiger partial charge in [0.15, 0.2) is 0 Å². The molecule has 104 valence electrons. The van der Waals surface area contributed by atoms with Crippen LogP contribution in [-0.2, 0) is 4.57 Å². The molecule has 2 rings (SSSR count). The van der Waals surface area contributed by atoms with E-state index in [4.69, 9.17) is 14.9 Å². The summed E-state index contributed by atoms with van der Waals surface area (Å²) in [6, 6.07) is 11.9. The molecule has 0 radical (unpaired) electrons. The molecule has 0 heterocycles. The Labute approximate surface area is 114 Å². The number of para-hydroxylation sites is 1. The Morgan fingerprint density at radius 3 is 2.15 bits per heavy atom. The number of carboxylic acid groups (broad SMARTS) is 1. The first-order valence-electron chi connectivity index (χ1n) is 5.63. The van der Waals surface area contributed by atoms with E-state index in [1.165, 1.54) is 30.3 Å². The van der Waals surface area contributed by atoms with Gasteiger partial charge in [0.05, 0.1) is 16.6 Å². The molecule has 0 aliphatic rings. The van der Waals surface area contributed by atoms with Crippen molar-refractivity contribution in [2.45, 2.75) is 0 Å². The Kier molecular flexibility index (Phi) is 3.90. The van der Waals surface area contributed by atoms with Crippen LogP contribution in [-0.4, -0.2) is 20.9 Å². The fourth-order valence-electron chi connectivity index (χ4n) is 1.67. The lowest BCUT2D eigenvalue weighted by molar-refractivity contribution is 0.0698. The van der Waals surface area contributed by atoms with Crippen molar-refractivity contribution in [1.29, 1.82) is 0 Å². The maximum absolute atomic E-state index is 11.1. The number of benzene rings is 2. The van der Waals surface area contributed by atoms with Crippen LogP contribution in [0.3, 0.4) is 0 Å². The molecule has 0 fully saturated rings. The normalized spacial score (nSPS) is 11.1. The lowest BCUT2D eigenvalue weighted by atomic mass is 10.1. The van der Waals surface area contributed by atoms with Crippen molar-refractivity contribution in [2.24, 2.45) is 0 Å². The Balaban J connectivity index is 2.27. The minimum Gasteiger partial charge on any atom is -0.478 e. The molecule has 7 heteroatoms. The molecule has 0 aromatic heterocycles. The number of nitrogens with one attached hydrogen (secondary N) is 1. The summed E-state index contributed by atoms with van der Waals surface area (Å²) in [4.78, 5) is 29.1. The lowest BCUT2D eigenvalue weighted by Gasteiger charge is -2.10. The first-order valence-corrected chi connectivity index (χ1v) is 7.24. The fraction of sp³-hybridized carbons (Fsp3) is 0. The highest BCUT2D eigenvalue weighted by Crippen LogP contribution is 2.33. The first kappa shape index (κ1) is 14.3. The second kappa shape index (κ2) is 5.46. The summed E-state index contributed by atoms with van der Waals surface area (Å²) in [6.07, 6.45) is 0. The van der Waals surface area contributed by atoms with Gasteiger partial charge in [-0.05, 0) is 36.4 Å². The monoisotopic (exact) mass is 293 g/mol. The first-order chi connectivity index (χ1) is 9.38. The average Bonchev–Trinajstić information content (AvgIpc) is 2.38. The number of anilines is 2. The van der Waals surface area contributed by atoms with Gasteiger partial charge in [-0.15, -0.1) is 0 Å². The van der Waals surface area contributed by atoms with Gasteiger partial charge in [-0.25, -0.2) is 4.79 Å². The zero-order chi connectivity index (χ0) is 14.8. The van der Waals surface area contributed by atoms with Crippen molar-refractivity contribution < 1.29 is 24.3 Å². The Morgan fingerprint density at radius 1 is 1.00 bits per heavy atom. The van der Waals surface area contributed by atoms with E-state index in [1.807, 2.05) is 0 Å². The summed E-state index contributed by atoms with van der Waals surface area (Å²) in [5.74, 6) is -1.06. The minimum atomic E-state index is -4.27. The standard InChI is InChI=1S/C13H12NO5P/c15-13(16)11-3-1-2-4-12(11)14-9-5-7-10(8-6-9)20(17,18)19/h1-8,14H,(H,15,16)(H2,17,18,19). The number of carboxylic acids is 1. The number of rotatable bonds is 4. The molecule has 6 nitrogen and oxygen atoms in total. The maximum atomic E-state index is 11.1. The van der Waals surface area contributed by atoms with Crippen LogP contribution < -0.4 is 10.6 Å². The van der Waals surface area contributed by atoms with Crippen molar-refractivity contribution >= 4 is 30.2 Å². The van der Waals surface area contributed by atoms with Gasteiger partial charge in [0.2, 0.25) is 0 Å². The van der Waals surface area contributed by atoms with E-state index in [2.05, 4.69) is 5.32 Å². The maximum Gasteiger partial charge on any atom is 0.356 e. The molecule has 0 saturated carbocycles. The Hall–Kier alpha value is -2.14. The van der Waals surface area contributed by atoms with Crippen LogP contribution in [0.2, 0.25) is 0 Å². The molecule has 0 spiro atoms. The highest BCUT2D eigenvalue weighted by atomic mass is 31.2. The molecule has 2 aromatic carbocycles. The number of hydrogen-bond donors (Lipinski definition) is 4. The SMILES string of the molecule is O=C(O)c1ccccc1Nc1ccc(P(=O)(O)O)cc1. The van der Waals surface area contributed by atoms with Crippen molar-refractivity contribution in [3.05, 3.63) is 54.1 Å². The summed E-state index contributed by atoms with van der Waals surface area (Å²) in [7, 11) is -4.27. The zero-order valence-corrected chi connectivity index (χ0v) is 11.1. The molecule has 0 aliphatic carbocycles. The molecule has 0 atom stereocenters. The topological polar surface area (TPSA) is 107 Å². The van der Waals surface area contributed by atoms with E-state index in [1.54, 1.807) is 18.2 Å². The molecule has 0 amide bonds. The van der Waals surface area contributed by atoms with Crippen LogP contribution in [0.4, 0.5) is 11.4 Å². The van der Waals surface area contributed by atoms with E-state index < -0.39 is 13.6 Å². The van der Waals surface area contributed by atoms with Crippen LogP contribution in [0.15, 0.2) is 48.5 Å². The fourth-order valence-corrected chi connectivity index (χ4v) is 2.21. The van der Waals surface area contributed by atoms with Crippen molar-refractivity contribution in [2.75, 3.05) is 5.32 Å². The van der Waals surface area contributed by atoms with Gasteiger partial charge >= 0.3 is 13.6 Å². The summed E-state index contributed by atoms with van der Waals surface area (Å²) in [5.41, 5.74) is 1.06. The molecular weight excluding hydrogens is 281 g/mol. The van der Waals surface area contributed by atoms with Gasteiger partial charge in [0, 0.05) is 5.69 Å². The summed E-state index contributed by atoms with van der Waals surface area (Å²) in [5, 5.41) is 11.9. The van der Waals surface area contributed by atoms with E-state index >= 15 is 0 Å². The molecular formula is C13H12NO5P. The van der Waals surface area contributed by atoms with Gasteiger partial charge < -0.3 is 20.2 Å². The van der Waals surface area contributed by atoms with Gasteiger partial charge in [-0.3, -0.25) is 4.57 Å². The van der Waals surface area contributed by atoms with Crippen LogP contribution in [0.25, 0.3) is 0 Å². The lowest BCUT2D eigenvalue weighted by Crippen LogP contribution is -2.05. The molecule has 4 N–H and O–H groups in total. The minimum absolute atomic E-state index is 0.0884. The van der Waals surface area contributed by atoms with Crippen molar-refractivity contribution in [3.63, 3.8) is 0 Å². The largest absolute Gasteiger partial charge is 0.478 e. The molecule has 2 aromatic rings. The Morgan fingerprint density at radius 2 is 1.60 bits per heavy atom. The third-order valence-electron chi connectivity index (χ3n) is 2.64. The molecule has 0 unspecified atom stereocenters. The quantitative estimate of drug-likeness (QED) is 0.642. The smallest absolute Gasteiger partial charge is 0.356 e. The zero-order valence-electron chi connectivity index (χ0n) is 10.2. The second-order valence-corrected chi connectivity index (χ2v) is 5.67.